The Morgan fingerprint density at radius 2 is 1.19 bits per heavy atom. The van der Waals surface area contributed by atoms with E-state index in [4.69, 9.17) is 0 Å². The zero-order valence-corrected chi connectivity index (χ0v) is 11.9. The normalized spacial score (nSPS) is 47.8. The van der Waals surface area contributed by atoms with Crippen molar-refractivity contribution in [3.63, 3.8) is 0 Å². The molecule has 3 fully saturated rings. The van der Waals surface area contributed by atoms with Gasteiger partial charge in [0.2, 0.25) is 0 Å². The first-order valence-electron chi connectivity index (χ1n) is 7.56. The highest BCUT2D eigenvalue weighted by molar-refractivity contribution is 7.60. The van der Waals surface area contributed by atoms with Crippen molar-refractivity contribution >= 4 is 7.92 Å². The van der Waals surface area contributed by atoms with E-state index in [0.29, 0.717) is 7.92 Å². The first-order valence-corrected chi connectivity index (χ1v) is 9.11. The maximum Gasteiger partial charge on any atom is -0.0173 e. The molecule has 3 rings (SSSR count). The van der Waals surface area contributed by atoms with Crippen molar-refractivity contribution in [1.82, 2.24) is 0 Å². The van der Waals surface area contributed by atoms with E-state index >= 15 is 0 Å². The van der Waals surface area contributed by atoms with E-state index in [2.05, 4.69) is 13.8 Å². The summed E-state index contributed by atoms with van der Waals surface area (Å²) in [4.78, 5) is 0. The van der Waals surface area contributed by atoms with Gasteiger partial charge in [-0.05, 0) is 54.5 Å². The fraction of sp³-hybridized carbons (Fsp3) is 1.00. The van der Waals surface area contributed by atoms with E-state index in [1.165, 1.54) is 23.2 Å². The van der Waals surface area contributed by atoms with Crippen LogP contribution in [0.15, 0.2) is 0 Å². The standard InChI is InChI=1S/C15H27P/c1-11(2)16-14-9-5-3-7-12(14)13-8-4-6-10-15(13)16/h11-15H,3-10H2,1-2H3. The van der Waals surface area contributed by atoms with Crippen LogP contribution in [-0.4, -0.2) is 17.0 Å². The molecule has 4 atom stereocenters. The average molecular weight is 238 g/mol. The van der Waals surface area contributed by atoms with E-state index in [-0.39, 0.29) is 0 Å². The van der Waals surface area contributed by atoms with Gasteiger partial charge in [-0.1, -0.05) is 47.5 Å². The van der Waals surface area contributed by atoms with Crippen molar-refractivity contribution in [2.24, 2.45) is 11.8 Å². The van der Waals surface area contributed by atoms with Gasteiger partial charge in [-0.15, -0.1) is 0 Å². The third kappa shape index (κ3) is 1.76. The predicted octanol–water partition coefficient (Wildman–Crippen LogP) is 5.01. The minimum absolute atomic E-state index is 0.381. The lowest BCUT2D eigenvalue weighted by Gasteiger charge is -2.33. The minimum Gasteiger partial charge on any atom is -0.0971 e. The Hall–Kier alpha value is 0.430. The molecule has 1 aliphatic heterocycles. The van der Waals surface area contributed by atoms with Crippen LogP contribution in [-0.2, 0) is 0 Å². The molecule has 0 bridgehead atoms. The zero-order valence-electron chi connectivity index (χ0n) is 11.0. The van der Waals surface area contributed by atoms with Crippen molar-refractivity contribution in [3.8, 4) is 0 Å². The van der Waals surface area contributed by atoms with Crippen LogP contribution >= 0.6 is 7.92 Å². The fourth-order valence-electron chi connectivity index (χ4n) is 5.03. The van der Waals surface area contributed by atoms with E-state index in [1.54, 1.807) is 51.4 Å². The lowest BCUT2D eigenvalue weighted by molar-refractivity contribution is 0.231. The first kappa shape index (κ1) is 11.5. The van der Waals surface area contributed by atoms with Crippen molar-refractivity contribution in [3.05, 3.63) is 0 Å². The summed E-state index contributed by atoms with van der Waals surface area (Å²) in [5, 5.41) is 0. The number of hydrogen-bond donors (Lipinski definition) is 0. The highest BCUT2D eigenvalue weighted by Gasteiger charge is 2.51. The van der Waals surface area contributed by atoms with Crippen LogP contribution in [0, 0.1) is 11.8 Å². The van der Waals surface area contributed by atoms with E-state index in [9.17, 15) is 0 Å². The maximum absolute atomic E-state index is 2.52. The monoisotopic (exact) mass is 238 g/mol. The molecule has 0 nitrogen and oxygen atoms in total. The molecule has 1 saturated heterocycles. The molecule has 0 radical (unpaired) electrons. The Morgan fingerprint density at radius 1 is 0.750 bits per heavy atom. The van der Waals surface area contributed by atoms with E-state index < -0.39 is 0 Å². The first-order chi connectivity index (χ1) is 7.79. The Balaban J connectivity index is 1.86. The fourth-order valence-corrected chi connectivity index (χ4v) is 9.64. The molecule has 0 aromatic carbocycles. The van der Waals surface area contributed by atoms with Gasteiger partial charge in [0.15, 0.2) is 0 Å². The summed E-state index contributed by atoms with van der Waals surface area (Å²) in [6.07, 6.45) is 12.6. The Kier molecular flexibility index (Phi) is 3.31. The van der Waals surface area contributed by atoms with Crippen LogP contribution in [0.3, 0.4) is 0 Å². The number of fused-ring (bicyclic) bond motifs is 3. The molecule has 0 spiro atoms. The molecule has 92 valence electrons. The van der Waals surface area contributed by atoms with Gasteiger partial charge in [0.05, 0.1) is 0 Å². The van der Waals surface area contributed by atoms with Crippen LogP contribution < -0.4 is 0 Å². The summed E-state index contributed by atoms with van der Waals surface area (Å²) < 4.78 is 0. The van der Waals surface area contributed by atoms with Crippen LogP contribution in [0.4, 0.5) is 0 Å². The van der Waals surface area contributed by atoms with Crippen molar-refractivity contribution in [1.29, 1.82) is 0 Å². The Labute approximate surface area is 102 Å². The topological polar surface area (TPSA) is 0 Å². The summed E-state index contributed by atoms with van der Waals surface area (Å²) in [6, 6.07) is 0. The van der Waals surface area contributed by atoms with Gasteiger partial charge < -0.3 is 0 Å². The van der Waals surface area contributed by atoms with E-state index in [1.807, 2.05) is 0 Å². The summed E-state index contributed by atoms with van der Waals surface area (Å²) in [6.45, 7) is 5.04. The molecule has 4 unspecified atom stereocenters. The lowest BCUT2D eigenvalue weighted by atomic mass is 9.73. The van der Waals surface area contributed by atoms with Gasteiger partial charge in [-0.3, -0.25) is 0 Å². The van der Waals surface area contributed by atoms with Crippen LogP contribution in [0.25, 0.3) is 0 Å². The third-order valence-electron chi connectivity index (χ3n) is 5.48. The summed E-state index contributed by atoms with van der Waals surface area (Å²) >= 11 is 0. The van der Waals surface area contributed by atoms with Crippen LogP contribution in [0.1, 0.15) is 65.2 Å². The Morgan fingerprint density at radius 3 is 1.62 bits per heavy atom. The van der Waals surface area contributed by atoms with Gasteiger partial charge in [0.1, 0.15) is 0 Å². The molecule has 1 heterocycles. The highest BCUT2D eigenvalue weighted by Crippen LogP contribution is 2.69. The molecular formula is C15H27P. The van der Waals surface area contributed by atoms with Gasteiger partial charge in [0, 0.05) is 0 Å². The number of hydrogen-bond acceptors (Lipinski definition) is 0. The quantitative estimate of drug-likeness (QED) is 0.563. The largest absolute Gasteiger partial charge is 0.0971 e. The summed E-state index contributed by atoms with van der Waals surface area (Å²) in [5.74, 6) is 2.35. The molecule has 0 aromatic rings. The van der Waals surface area contributed by atoms with E-state index in [0.717, 1.165) is 5.66 Å². The highest BCUT2D eigenvalue weighted by atomic mass is 31.1. The second-order valence-corrected chi connectivity index (χ2v) is 9.83. The second-order valence-electron chi connectivity index (χ2n) is 6.57. The molecule has 0 N–H and O–H groups in total. The van der Waals surface area contributed by atoms with Crippen molar-refractivity contribution in [2.75, 3.05) is 0 Å². The molecule has 3 aliphatic rings. The maximum atomic E-state index is 2.52. The molecule has 16 heavy (non-hydrogen) atoms. The van der Waals surface area contributed by atoms with Crippen LogP contribution in [0.2, 0.25) is 0 Å². The predicted molar refractivity (Wildman–Crippen MR) is 73.5 cm³/mol. The number of rotatable bonds is 1. The Bertz CT molecular complexity index is 226. The van der Waals surface area contributed by atoms with Gasteiger partial charge in [-0.25, -0.2) is 0 Å². The van der Waals surface area contributed by atoms with Gasteiger partial charge in [-0.2, -0.15) is 0 Å². The molecule has 2 aliphatic carbocycles. The van der Waals surface area contributed by atoms with Crippen LogP contribution in [0.5, 0.6) is 0 Å². The molecule has 1 heteroatoms. The zero-order chi connectivity index (χ0) is 11.1. The molecule has 0 aromatic heterocycles. The van der Waals surface area contributed by atoms with Crippen molar-refractivity contribution in [2.45, 2.75) is 82.2 Å². The SMILES string of the molecule is CC(C)P1C2CCCCC2C2CCCCC21. The van der Waals surface area contributed by atoms with Gasteiger partial charge in [0.25, 0.3) is 0 Å². The smallest absolute Gasteiger partial charge is 0.0173 e. The van der Waals surface area contributed by atoms with Crippen molar-refractivity contribution < 1.29 is 0 Å². The summed E-state index contributed by atoms with van der Waals surface area (Å²) in [5.41, 5.74) is 3.39. The summed E-state index contributed by atoms with van der Waals surface area (Å²) in [7, 11) is 0.381. The molecule has 2 saturated carbocycles. The van der Waals surface area contributed by atoms with Gasteiger partial charge >= 0.3 is 0 Å². The molecular weight excluding hydrogens is 211 g/mol. The third-order valence-corrected chi connectivity index (χ3v) is 9.48. The minimum atomic E-state index is 0.381. The molecule has 0 amide bonds. The average Bonchev–Trinajstić information content (AvgIpc) is 2.63. The lowest BCUT2D eigenvalue weighted by Crippen LogP contribution is -2.26. The second kappa shape index (κ2) is 4.60.